The van der Waals surface area contributed by atoms with Crippen LogP contribution in [0.4, 0.5) is 0 Å². The summed E-state index contributed by atoms with van der Waals surface area (Å²) in [6, 6.07) is 0. The molecule has 0 rings (SSSR count). The largest absolute Gasteiger partial charge is 0.349 e. The molecule has 0 bridgehead atoms. The molecule has 74 valence electrons. The maximum absolute atomic E-state index is 11.1. The Hall–Kier alpha value is -1.12. The first kappa shape index (κ1) is 11.9. The zero-order valence-corrected chi connectivity index (χ0v) is 8.54. The Balaban J connectivity index is 3.64. The van der Waals surface area contributed by atoms with Crippen LogP contribution in [0, 0.1) is 0 Å². The molecule has 0 unspecified atom stereocenters. The summed E-state index contributed by atoms with van der Waals surface area (Å²) in [4.78, 5) is 23.7. The molecule has 0 heterocycles. The smallest absolute Gasteiger partial charge is 0.222 e. The fourth-order valence-electron chi connectivity index (χ4n) is 0.821. The summed E-state index contributed by atoms with van der Waals surface area (Å²) in [7, 11) is 3.39. The van der Waals surface area contributed by atoms with E-state index in [2.05, 4.69) is 0 Å². The van der Waals surface area contributed by atoms with E-state index in [9.17, 15) is 9.59 Å². The Morgan fingerprint density at radius 3 is 2.31 bits per heavy atom. The number of allylic oxidation sites excluding steroid dienone is 2. The lowest BCUT2D eigenvalue weighted by Crippen LogP contribution is -2.22. The average molecular weight is 183 g/mol. The van der Waals surface area contributed by atoms with E-state index in [1.54, 1.807) is 14.1 Å². The zero-order chi connectivity index (χ0) is 10.3. The van der Waals surface area contributed by atoms with Gasteiger partial charge in [0.15, 0.2) is 0 Å². The second-order valence-corrected chi connectivity index (χ2v) is 3.10. The van der Waals surface area contributed by atoms with Crippen molar-refractivity contribution in [3.8, 4) is 0 Å². The summed E-state index contributed by atoms with van der Waals surface area (Å²) in [6.45, 7) is 1.87. The van der Waals surface area contributed by atoms with Crippen LogP contribution < -0.4 is 0 Å². The van der Waals surface area contributed by atoms with E-state index in [0.717, 1.165) is 0 Å². The molecule has 0 saturated heterocycles. The van der Waals surface area contributed by atoms with Crippen LogP contribution in [0.2, 0.25) is 0 Å². The lowest BCUT2D eigenvalue weighted by atomic mass is 10.1. The van der Waals surface area contributed by atoms with Gasteiger partial charge in [0, 0.05) is 33.4 Å². The molecule has 0 radical (unpaired) electrons. The molecule has 0 aromatic carbocycles. The van der Waals surface area contributed by atoms with Crippen molar-refractivity contribution in [1.82, 2.24) is 4.90 Å². The van der Waals surface area contributed by atoms with Crippen molar-refractivity contribution < 1.29 is 9.59 Å². The lowest BCUT2D eigenvalue weighted by Gasteiger charge is -2.08. The Morgan fingerprint density at radius 2 is 1.85 bits per heavy atom. The molecule has 3 nitrogen and oxygen atoms in total. The summed E-state index contributed by atoms with van der Waals surface area (Å²) in [5, 5.41) is 0. The van der Waals surface area contributed by atoms with E-state index in [4.69, 9.17) is 0 Å². The molecule has 0 N–H and O–H groups in total. The number of ketones is 1. The fraction of sp³-hybridized carbons (Fsp3) is 0.600. The van der Waals surface area contributed by atoms with Gasteiger partial charge >= 0.3 is 0 Å². The molecule has 0 aromatic rings. The Labute approximate surface area is 79.4 Å². The molecular weight excluding hydrogens is 166 g/mol. The molecular formula is C10H17NO2. The molecule has 0 aromatic heterocycles. The number of rotatable bonds is 5. The van der Waals surface area contributed by atoms with Crippen LogP contribution in [0.1, 0.15) is 26.2 Å². The van der Waals surface area contributed by atoms with Gasteiger partial charge in [0.2, 0.25) is 5.91 Å². The van der Waals surface area contributed by atoms with Crippen LogP contribution in [0.3, 0.4) is 0 Å². The van der Waals surface area contributed by atoms with Crippen molar-refractivity contribution in [2.75, 3.05) is 14.1 Å². The number of amides is 1. The quantitative estimate of drug-likeness (QED) is 0.604. The average Bonchev–Trinajstić information content (AvgIpc) is 2.10. The van der Waals surface area contributed by atoms with Crippen molar-refractivity contribution in [3.05, 3.63) is 12.2 Å². The molecule has 0 aliphatic rings. The topological polar surface area (TPSA) is 37.4 Å². The second kappa shape index (κ2) is 6.40. The summed E-state index contributed by atoms with van der Waals surface area (Å²) >= 11 is 0. The highest BCUT2D eigenvalue weighted by atomic mass is 16.2. The van der Waals surface area contributed by atoms with Gasteiger partial charge in [0.25, 0.3) is 0 Å². The van der Waals surface area contributed by atoms with Crippen LogP contribution in [-0.2, 0) is 9.59 Å². The van der Waals surface area contributed by atoms with Crippen LogP contribution in [0.15, 0.2) is 12.2 Å². The third-order valence-corrected chi connectivity index (χ3v) is 1.70. The first-order chi connectivity index (χ1) is 6.07. The van der Waals surface area contributed by atoms with Crippen LogP contribution >= 0.6 is 0 Å². The monoisotopic (exact) mass is 183 g/mol. The number of hydrogen-bond donors (Lipinski definition) is 0. The number of nitrogens with zero attached hydrogens (tertiary/aromatic N) is 1. The minimum atomic E-state index is 0.00817. The first-order valence-corrected chi connectivity index (χ1v) is 4.41. The van der Waals surface area contributed by atoms with Crippen molar-refractivity contribution >= 4 is 11.7 Å². The highest BCUT2D eigenvalue weighted by Gasteiger charge is 2.06. The van der Waals surface area contributed by atoms with Crippen molar-refractivity contribution in [2.45, 2.75) is 26.2 Å². The highest BCUT2D eigenvalue weighted by Crippen LogP contribution is 1.98. The maximum Gasteiger partial charge on any atom is 0.222 e. The Kier molecular flexibility index (Phi) is 5.85. The van der Waals surface area contributed by atoms with Crippen LogP contribution in [0.5, 0.6) is 0 Å². The molecule has 1 amide bonds. The molecule has 0 spiro atoms. The Morgan fingerprint density at radius 1 is 1.23 bits per heavy atom. The fourth-order valence-corrected chi connectivity index (χ4v) is 0.821. The molecule has 0 atom stereocenters. The third kappa shape index (κ3) is 6.08. The second-order valence-electron chi connectivity index (χ2n) is 3.10. The SMILES string of the molecule is C/C=C/CC(=O)CCC(=O)N(C)C. The minimum Gasteiger partial charge on any atom is -0.349 e. The third-order valence-electron chi connectivity index (χ3n) is 1.70. The van der Waals surface area contributed by atoms with E-state index in [1.165, 1.54) is 4.90 Å². The lowest BCUT2D eigenvalue weighted by molar-refractivity contribution is -0.130. The number of carbonyl (C=O) groups is 2. The van der Waals surface area contributed by atoms with E-state index in [-0.39, 0.29) is 11.7 Å². The molecule has 0 aliphatic carbocycles. The van der Waals surface area contributed by atoms with Gasteiger partial charge in [0.1, 0.15) is 5.78 Å². The summed E-state index contributed by atoms with van der Waals surface area (Å²) < 4.78 is 0. The zero-order valence-electron chi connectivity index (χ0n) is 8.54. The predicted molar refractivity (Wildman–Crippen MR) is 52.4 cm³/mol. The standard InChI is InChI=1S/C10H17NO2/c1-4-5-6-9(12)7-8-10(13)11(2)3/h4-5H,6-8H2,1-3H3/b5-4+. The number of carbonyl (C=O) groups excluding carboxylic acids is 2. The van der Waals surface area contributed by atoms with Gasteiger partial charge in [-0.05, 0) is 6.92 Å². The van der Waals surface area contributed by atoms with Gasteiger partial charge < -0.3 is 4.90 Å². The van der Waals surface area contributed by atoms with Gasteiger partial charge in [-0.2, -0.15) is 0 Å². The molecule has 0 saturated carbocycles. The van der Waals surface area contributed by atoms with E-state index < -0.39 is 0 Å². The van der Waals surface area contributed by atoms with Crippen LogP contribution in [0.25, 0.3) is 0 Å². The van der Waals surface area contributed by atoms with Crippen molar-refractivity contribution in [1.29, 1.82) is 0 Å². The summed E-state index contributed by atoms with van der Waals surface area (Å²) in [6.07, 6.45) is 4.76. The van der Waals surface area contributed by atoms with Crippen LogP contribution in [-0.4, -0.2) is 30.7 Å². The van der Waals surface area contributed by atoms with Gasteiger partial charge in [-0.1, -0.05) is 12.2 Å². The molecule has 0 aliphatic heterocycles. The van der Waals surface area contributed by atoms with Crippen molar-refractivity contribution in [3.63, 3.8) is 0 Å². The van der Waals surface area contributed by atoms with E-state index in [1.807, 2.05) is 19.1 Å². The molecule has 3 heteroatoms. The first-order valence-electron chi connectivity index (χ1n) is 4.41. The summed E-state index contributed by atoms with van der Waals surface area (Å²) in [5.41, 5.74) is 0. The van der Waals surface area contributed by atoms with Gasteiger partial charge in [-0.15, -0.1) is 0 Å². The summed E-state index contributed by atoms with van der Waals surface area (Å²) in [5.74, 6) is 0.127. The van der Waals surface area contributed by atoms with E-state index in [0.29, 0.717) is 19.3 Å². The number of hydrogen-bond acceptors (Lipinski definition) is 2. The normalized spacial score (nSPS) is 10.4. The maximum atomic E-state index is 11.1. The highest BCUT2D eigenvalue weighted by molar-refractivity contribution is 5.85. The van der Waals surface area contributed by atoms with Gasteiger partial charge in [-0.3, -0.25) is 9.59 Å². The van der Waals surface area contributed by atoms with Gasteiger partial charge in [-0.25, -0.2) is 0 Å². The van der Waals surface area contributed by atoms with E-state index >= 15 is 0 Å². The molecule has 13 heavy (non-hydrogen) atoms. The van der Waals surface area contributed by atoms with Gasteiger partial charge in [0.05, 0.1) is 0 Å². The number of Topliss-reactive ketones (excluding diaryl/α,β-unsaturated/α-hetero) is 1. The van der Waals surface area contributed by atoms with Crippen molar-refractivity contribution in [2.24, 2.45) is 0 Å². The molecule has 0 fully saturated rings. The Bertz CT molecular complexity index is 207. The predicted octanol–water partition coefficient (Wildman–Crippen LogP) is 1.39. The minimum absolute atomic E-state index is 0.00817.